The number of amides is 1. The van der Waals surface area contributed by atoms with Crippen molar-refractivity contribution >= 4 is 27.5 Å². The molecular weight excluding hydrogens is 336 g/mol. The Bertz CT molecular complexity index is 693. The molecule has 6 heteroatoms. The van der Waals surface area contributed by atoms with Gasteiger partial charge in [0, 0.05) is 11.3 Å². The fraction of sp³-hybridized carbons (Fsp3) is 0.0667. The molecule has 0 saturated carbocycles. The normalized spacial score (nSPS) is 9.71. The third-order valence-corrected chi connectivity index (χ3v) is 3.29. The molecule has 21 heavy (non-hydrogen) atoms. The van der Waals surface area contributed by atoms with E-state index in [1.54, 1.807) is 36.4 Å². The molecule has 0 bridgehead atoms. The maximum Gasteiger partial charge on any atom is 0.255 e. The average molecular weight is 347 g/mol. The van der Waals surface area contributed by atoms with Gasteiger partial charge in [-0.25, -0.2) is 0 Å². The first-order chi connectivity index (χ1) is 10.1. The number of benzene rings is 2. The van der Waals surface area contributed by atoms with Crippen LogP contribution >= 0.6 is 15.9 Å². The van der Waals surface area contributed by atoms with Gasteiger partial charge in [-0.05, 0) is 58.4 Å². The van der Waals surface area contributed by atoms with Crippen LogP contribution in [-0.4, -0.2) is 17.6 Å². The zero-order valence-electron chi connectivity index (χ0n) is 10.8. The molecule has 0 fully saturated rings. The summed E-state index contributed by atoms with van der Waals surface area (Å²) < 4.78 is 5.64. The Balaban J connectivity index is 2.05. The van der Waals surface area contributed by atoms with E-state index >= 15 is 0 Å². The minimum atomic E-state index is -0.330. The average Bonchev–Trinajstić information content (AvgIpc) is 2.49. The zero-order chi connectivity index (χ0) is 15.2. The second-order valence-corrected chi connectivity index (χ2v) is 4.95. The molecule has 106 valence electrons. The summed E-state index contributed by atoms with van der Waals surface area (Å²) in [5.41, 5.74) is 0.937. The van der Waals surface area contributed by atoms with Crippen LogP contribution in [0.25, 0.3) is 0 Å². The van der Waals surface area contributed by atoms with Crippen molar-refractivity contribution in [2.75, 3.05) is 11.9 Å². The number of ether oxygens (including phenoxy) is 1. The molecule has 0 aliphatic heterocycles. The summed E-state index contributed by atoms with van der Waals surface area (Å²) in [5.74, 6) is 0.224. The summed E-state index contributed by atoms with van der Waals surface area (Å²) in [6.45, 7) is -0.0239. The summed E-state index contributed by atoms with van der Waals surface area (Å²) in [6.07, 6.45) is 0. The first kappa shape index (κ1) is 14.9. The number of hydrogen-bond donors (Lipinski definition) is 2. The van der Waals surface area contributed by atoms with E-state index in [4.69, 9.17) is 10.00 Å². The van der Waals surface area contributed by atoms with Gasteiger partial charge in [-0.3, -0.25) is 4.79 Å². The fourth-order valence-corrected chi connectivity index (χ4v) is 1.85. The number of anilines is 1. The Labute approximate surface area is 129 Å². The Morgan fingerprint density at radius 3 is 2.62 bits per heavy atom. The highest BCUT2D eigenvalue weighted by molar-refractivity contribution is 9.10. The number of hydrogen-bond acceptors (Lipinski definition) is 4. The van der Waals surface area contributed by atoms with E-state index in [9.17, 15) is 9.90 Å². The van der Waals surface area contributed by atoms with Crippen LogP contribution in [0.4, 0.5) is 5.69 Å². The van der Waals surface area contributed by atoms with Crippen molar-refractivity contribution in [3.05, 3.63) is 52.5 Å². The van der Waals surface area contributed by atoms with E-state index in [0.29, 0.717) is 21.5 Å². The number of rotatable bonds is 4. The number of nitriles is 1. The number of carbonyl (C=O) groups excluding carboxylic acids is 1. The standard InChI is InChI=1S/C15H11BrN2O3/c16-13-6-1-10(9-14(13)19)15(20)18-11-2-4-12(5-3-11)21-8-7-17/h1-6,9,19H,8H2,(H,18,20). The topological polar surface area (TPSA) is 82.3 Å². The Morgan fingerprint density at radius 1 is 1.29 bits per heavy atom. The summed E-state index contributed by atoms with van der Waals surface area (Å²) in [7, 11) is 0. The lowest BCUT2D eigenvalue weighted by Crippen LogP contribution is -2.11. The molecule has 1 amide bonds. The van der Waals surface area contributed by atoms with Crippen molar-refractivity contribution in [1.29, 1.82) is 5.26 Å². The van der Waals surface area contributed by atoms with E-state index in [-0.39, 0.29) is 18.3 Å². The summed E-state index contributed by atoms with van der Waals surface area (Å²) in [4.78, 5) is 12.0. The largest absolute Gasteiger partial charge is 0.507 e. The van der Waals surface area contributed by atoms with Crippen LogP contribution in [0.2, 0.25) is 0 Å². The SMILES string of the molecule is N#CCOc1ccc(NC(=O)c2ccc(Br)c(O)c2)cc1. The molecular formula is C15H11BrN2O3. The first-order valence-corrected chi connectivity index (χ1v) is 6.79. The third-order valence-electron chi connectivity index (χ3n) is 2.62. The lowest BCUT2D eigenvalue weighted by molar-refractivity contribution is 0.102. The van der Waals surface area contributed by atoms with Crippen molar-refractivity contribution in [2.45, 2.75) is 0 Å². The van der Waals surface area contributed by atoms with E-state index in [0.717, 1.165) is 0 Å². The molecule has 0 atom stereocenters. The number of nitrogens with one attached hydrogen (secondary N) is 1. The lowest BCUT2D eigenvalue weighted by Gasteiger charge is -2.07. The molecule has 0 heterocycles. The Hall–Kier alpha value is -2.52. The minimum absolute atomic E-state index is 0.00269. The van der Waals surface area contributed by atoms with Crippen molar-refractivity contribution in [3.63, 3.8) is 0 Å². The van der Waals surface area contributed by atoms with E-state index < -0.39 is 0 Å². The minimum Gasteiger partial charge on any atom is -0.507 e. The van der Waals surface area contributed by atoms with Gasteiger partial charge in [-0.1, -0.05) is 0 Å². The molecule has 0 spiro atoms. The predicted octanol–water partition coefficient (Wildman–Crippen LogP) is 3.31. The number of aromatic hydroxyl groups is 1. The van der Waals surface area contributed by atoms with Crippen LogP contribution in [0.3, 0.4) is 0 Å². The van der Waals surface area contributed by atoms with Crippen LogP contribution in [0.5, 0.6) is 11.5 Å². The van der Waals surface area contributed by atoms with Crippen LogP contribution < -0.4 is 10.1 Å². The third kappa shape index (κ3) is 3.97. The highest BCUT2D eigenvalue weighted by atomic mass is 79.9. The van der Waals surface area contributed by atoms with Gasteiger partial charge < -0.3 is 15.2 Å². The molecule has 0 unspecified atom stereocenters. The van der Waals surface area contributed by atoms with Gasteiger partial charge in [0.1, 0.15) is 17.6 Å². The first-order valence-electron chi connectivity index (χ1n) is 6.00. The number of halogens is 1. The van der Waals surface area contributed by atoms with Gasteiger partial charge in [0.15, 0.2) is 6.61 Å². The van der Waals surface area contributed by atoms with Crippen molar-refractivity contribution in [1.82, 2.24) is 0 Å². The maximum atomic E-state index is 12.0. The monoisotopic (exact) mass is 346 g/mol. The summed E-state index contributed by atoms with van der Waals surface area (Å²) >= 11 is 3.16. The summed E-state index contributed by atoms with van der Waals surface area (Å²) in [5, 5.41) is 20.7. The number of phenols is 1. The van der Waals surface area contributed by atoms with Gasteiger partial charge in [0.25, 0.3) is 5.91 Å². The molecule has 2 aromatic rings. The van der Waals surface area contributed by atoms with Gasteiger partial charge in [0.05, 0.1) is 4.47 Å². The van der Waals surface area contributed by atoms with Crippen LogP contribution in [0, 0.1) is 11.3 Å². The molecule has 2 N–H and O–H groups in total. The van der Waals surface area contributed by atoms with Crippen LogP contribution in [-0.2, 0) is 0 Å². The predicted molar refractivity (Wildman–Crippen MR) is 81.3 cm³/mol. The fourth-order valence-electron chi connectivity index (χ4n) is 1.61. The van der Waals surface area contributed by atoms with Gasteiger partial charge in [0.2, 0.25) is 0 Å². The quantitative estimate of drug-likeness (QED) is 0.889. The van der Waals surface area contributed by atoms with Crippen molar-refractivity contribution < 1.29 is 14.6 Å². The molecule has 2 rings (SSSR count). The summed E-state index contributed by atoms with van der Waals surface area (Å²) in [6, 6.07) is 13.1. The molecule has 2 aromatic carbocycles. The van der Waals surface area contributed by atoms with E-state index in [1.165, 1.54) is 6.07 Å². The molecule has 0 aliphatic rings. The van der Waals surface area contributed by atoms with Crippen LogP contribution in [0.15, 0.2) is 46.9 Å². The number of phenolic OH excluding ortho intramolecular Hbond substituents is 1. The highest BCUT2D eigenvalue weighted by Crippen LogP contribution is 2.25. The number of carbonyl (C=O) groups is 1. The Morgan fingerprint density at radius 2 is 2.00 bits per heavy atom. The maximum absolute atomic E-state index is 12.0. The molecule has 0 aliphatic carbocycles. The van der Waals surface area contributed by atoms with Crippen molar-refractivity contribution in [2.24, 2.45) is 0 Å². The number of nitrogens with zero attached hydrogens (tertiary/aromatic N) is 1. The Kier molecular flexibility index (Phi) is 4.80. The zero-order valence-corrected chi connectivity index (χ0v) is 12.4. The second-order valence-electron chi connectivity index (χ2n) is 4.09. The van der Waals surface area contributed by atoms with Gasteiger partial charge in [-0.15, -0.1) is 0 Å². The van der Waals surface area contributed by atoms with Gasteiger partial charge in [-0.2, -0.15) is 5.26 Å². The molecule has 0 radical (unpaired) electrons. The van der Waals surface area contributed by atoms with Gasteiger partial charge >= 0.3 is 0 Å². The lowest BCUT2D eigenvalue weighted by atomic mass is 10.2. The molecule has 0 aromatic heterocycles. The van der Waals surface area contributed by atoms with Crippen molar-refractivity contribution in [3.8, 4) is 17.6 Å². The van der Waals surface area contributed by atoms with E-state index in [2.05, 4.69) is 21.2 Å². The van der Waals surface area contributed by atoms with Crippen LogP contribution in [0.1, 0.15) is 10.4 Å². The molecule has 5 nitrogen and oxygen atoms in total. The van der Waals surface area contributed by atoms with E-state index in [1.807, 2.05) is 6.07 Å². The second kappa shape index (κ2) is 6.77. The smallest absolute Gasteiger partial charge is 0.255 e. The highest BCUT2D eigenvalue weighted by Gasteiger charge is 2.08. The molecule has 0 saturated heterocycles.